The number of rotatable bonds is 7. The first-order valence-electron chi connectivity index (χ1n) is 12.6. The molecule has 1 amide bonds. The molecule has 0 aliphatic carbocycles. The molecule has 10 nitrogen and oxygen atoms in total. The van der Waals surface area contributed by atoms with Gasteiger partial charge >= 0.3 is 6.09 Å². The second-order valence-electron chi connectivity index (χ2n) is 10.2. The van der Waals surface area contributed by atoms with Crippen LogP contribution >= 0.6 is 12.3 Å². The third-order valence-corrected chi connectivity index (χ3v) is 6.82. The first kappa shape index (κ1) is 27.5. The summed E-state index contributed by atoms with van der Waals surface area (Å²) in [5, 5.41) is 8.92. The first-order valence-corrected chi connectivity index (χ1v) is 13.2. The molecule has 1 unspecified atom stereocenters. The van der Waals surface area contributed by atoms with Gasteiger partial charge in [-0.05, 0) is 39.3 Å². The molecule has 0 aromatic carbocycles. The number of carbonyl (C=O) groups is 1. The van der Waals surface area contributed by atoms with E-state index in [2.05, 4.69) is 21.8 Å². The number of halogens is 1. The third kappa shape index (κ3) is 5.35. The monoisotopic (exact) mass is 542 g/mol. The summed E-state index contributed by atoms with van der Waals surface area (Å²) >= 11 is -0.0100. The first-order chi connectivity index (χ1) is 18.1. The summed E-state index contributed by atoms with van der Waals surface area (Å²) in [4.78, 5) is 33.8. The lowest BCUT2D eigenvalue weighted by molar-refractivity contribution is -0.451. The van der Waals surface area contributed by atoms with Crippen molar-refractivity contribution in [3.63, 3.8) is 0 Å². The Kier molecular flexibility index (Phi) is 8.00. The number of amides is 1. The highest BCUT2D eigenvalue weighted by molar-refractivity contribution is 7.92. The van der Waals surface area contributed by atoms with E-state index < -0.39 is 11.7 Å². The molecule has 202 valence electrons. The fraction of sp³-hybridized carbons (Fsp3) is 0.462. The van der Waals surface area contributed by atoms with Gasteiger partial charge in [0.15, 0.2) is 35.8 Å². The molecule has 0 fully saturated rings. The second kappa shape index (κ2) is 11.1. The van der Waals surface area contributed by atoms with E-state index in [1.54, 1.807) is 35.5 Å². The lowest BCUT2D eigenvalue weighted by Gasteiger charge is -2.29. The van der Waals surface area contributed by atoms with Crippen molar-refractivity contribution < 1.29 is 18.0 Å². The fourth-order valence-electron chi connectivity index (χ4n) is 4.56. The highest BCUT2D eigenvalue weighted by atomic mass is 32.2. The lowest BCUT2D eigenvalue weighted by Crippen LogP contribution is -2.48. The summed E-state index contributed by atoms with van der Waals surface area (Å²) in [6.45, 7) is 14.2. The lowest BCUT2D eigenvalue weighted by atomic mass is 10.00. The van der Waals surface area contributed by atoms with Crippen LogP contribution in [0.25, 0.3) is 16.9 Å². The van der Waals surface area contributed by atoms with Crippen LogP contribution < -0.4 is 5.43 Å². The molecular formula is C26H33FN7O3S+. The Labute approximate surface area is 225 Å². The Morgan fingerprint density at radius 2 is 2.03 bits per heavy atom. The van der Waals surface area contributed by atoms with Crippen molar-refractivity contribution in [1.82, 2.24) is 28.9 Å². The number of fused-ring (bicyclic) bond motifs is 1. The van der Waals surface area contributed by atoms with Gasteiger partial charge in [-0.1, -0.05) is 19.9 Å². The number of nitrogens with zero attached hydrogens (tertiary/aromatic N) is 7. The van der Waals surface area contributed by atoms with Gasteiger partial charge in [-0.15, -0.1) is 25.5 Å². The van der Waals surface area contributed by atoms with Crippen molar-refractivity contribution in [1.29, 1.82) is 0 Å². The van der Waals surface area contributed by atoms with Crippen LogP contribution in [0, 0.1) is 0 Å². The molecular weight excluding hydrogens is 509 g/mol. The van der Waals surface area contributed by atoms with E-state index in [0.717, 1.165) is 5.71 Å². The van der Waals surface area contributed by atoms with Gasteiger partial charge in [0.1, 0.15) is 17.8 Å². The van der Waals surface area contributed by atoms with Gasteiger partial charge in [-0.2, -0.15) is 4.58 Å². The standard InChI is InChI=1S/C26H33FN7O3S/c1-7-9-17(3)21-22(32-15-14-31(16-18(32)8-2)25(36)37-26(4,5)6)23(35)20-24(33(21)38-27)30-34(29-20)19-10-12-28-13-11-19/h7,10-13,17H,1,8-9,14-16H2,2-6H3/q+1. The van der Waals surface area contributed by atoms with E-state index in [0.29, 0.717) is 49.5 Å². The van der Waals surface area contributed by atoms with E-state index in [9.17, 15) is 13.5 Å². The Morgan fingerprint density at radius 3 is 2.63 bits per heavy atom. The van der Waals surface area contributed by atoms with E-state index in [1.165, 1.54) is 8.77 Å². The van der Waals surface area contributed by atoms with Gasteiger partial charge in [0.25, 0.3) is 11.1 Å². The quantitative estimate of drug-likeness (QED) is 0.313. The molecule has 1 atom stereocenters. The van der Waals surface area contributed by atoms with Gasteiger partial charge in [0.05, 0.1) is 12.2 Å². The predicted molar refractivity (Wildman–Crippen MR) is 146 cm³/mol. The van der Waals surface area contributed by atoms with Crippen LogP contribution in [-0.2, 0) is 4.74 Å². The zero-order valence-corrected chi connectivity index (χ0v) is 23.2. The minimum absolute atomic E-state index is 0.0100. The topological polar surface area (TPSA) is 98.2 Å². The van der Waals surface area contributed by atoms with E-state index in [-0.39, 0.29) is 34.8 Å². The molecule has 0 bridgehead atoms. The molecule has 0 saturated heterocycles. The number of allylic oxidation sites excluding steroid dienone is 1. The maximum Gasteiger partial charge on any atom is 0.411 e. The number of pyridine rings is 2. The van der Waals surface area contributed by atoms with Crippen molar-refractivity contribution in [2.75, 3.05) is 19.6 Å². The SMILES string of the molecule is C=CCC(C)c1c([N+]2=C(CC)CN(C(=O)OC(C)(C)C)CC2)c(=O)c2nn(-c3ccncc3)nc2n1SF. The molecule has 3 aromatic rings. The molecule has 0 radical (unpaired) electrons. The van der Waals surface area contributed by atoms with Crippen molar-refractivity contribution in [3.05, 3.63) is 53.1 Å². The Balaban J connectivity index is 1.93. The molecule has 38 heavy (non-hydrogen) atoms. The maximum absolute atomic E-state index is 14.7. The summed E-state index contributed by atoms with van der Waals surface area (Å²) < 4.78 is 23.5. The van der Waals surface area contributed by atoms with Crippen molar-refractivity contribution in [2.24, 2.45) is 0 Å². The fourth-order valence-corrected chi connectivity index (χ4v) is 5.09. The van der Waals surface area contributed by atoms with Crippen LogP contribution in [0.5, 0.6) is 0 Å². The Morgan fingerprint density at radius 1 is 1.32 bits per heavy atom. The number of ether oxygens (including phenoxy) is 1. The second-order valence-corrected chi connectivity index (χ2v) is 10.7. The van der Waals surface area contributed by atoms with Gasteiger partial charge in [0.2, 0.25) is 0 Å². The summed E-state index contributed by atoms with van der Waals surface area (Å²) in [6, 6.07) is 3.41. The van der Waals surface area contributed by atoms with Gasteiger partial charge in [0, 0.05) is 24.7 Å². The number of carbonyl (C=O) groups excluding carboxylic acids is 1. The molecule has 1 aliphatic heterocycles. The molecule has 0 N–H and O–H groups in total. The largest absolute Gasteiger partial charge is 0.444 e. The summed E-state index contributed by atoms with van der Waals surface area (Å²) in [7, 11) is 0. The molecule has 3 aromatic heterocycles. The Bertz CT molecular complexity index is 1440. The normalized spacial score (nSPS) is 15.2. The summed E-state index contributed by atoms with van der Waals surface area (Å²) in [6.07, 6.45) is 5.63. The smallest absolute Gasteiger partial charge is 0.411 e. The molecule has 12 heteroatoms. The van der Waals surface area contributed by atoms with Crippen LogP contribution in [0.15, 0.2) is 42.0 Å². The zero-order valence-electron chi connectivity index (χ0n) is 22.3. The number of aromatic nitrogens is 5. The van der Waals surface area contributed by atoms with E-state index in [4.69, 9.17) is 4.74 Å². The average molecular weight is 543 g/mol. The molecule has 0 saturated carbocycles. The van der Waals surface area contributed by atoms with Crippen LogP contribution in [-0.4, -0.2) is 70.5 Å². The van der Waals surface area contributed by atoms with Crippen LogP contribution in [0.3, 0.4) is 0 Å². The number of hydrogen-bond donors (Lipinski definition) is 0. The number of hydrogen-bond acceptors (Lipinski definition) is 7. The Hall–Kier alpha value is -3.54. The van der Waals surface area contributed by atoms with Crippen LogP contribution in [0.4, 0.5) is 14.4 Å². The summed E-state index contributed by atoms with van der Waals surface area (Å²) in [5.74, 6) is -0.240. The van der Waals surface area contributed by atoms with Crippen LogP contribution in [0.2, 0.25) is 0 Å². The third-order valence-electron chi connectivity index (χ3n) is 6.31. The van der Waals surface area contributed by atoms with Crippen molar-refractivity contribution in [3.8, 4) is 5.69 Å². The molecule has 0 spiro atoms. The molecule has 4 rings (SSSR count). The predicted octanol–water partition coefficient (Wildman–Crippen LogP) is 4.78. The summed E-state index contributed by atoms with van der Waals surface area (Å²) in [5.41, 5.74) is 1.52. The van der Waals surface area contributed by atoms with E-state index >= 15 is 0 Å². The molecule has 1 aliphatic rings. The van der Waals surface area contributed by atoms with Gasteiger partial charge < -0.3 is 4.74 Å². The molecule has 4 heterocycles. The van der Waals surface area contributed by atoms with Crippen molar-refractivity contribution in [2.45, 2.75) is 59.0 Å². The van der Waals surface area contributed by atoms with E-state index in [1.807, 2.05) is 39.2 Å². The highest BCUT2D eigenvalue weighted by Gasteiger charge is 2.37. The van der Waals surface area contributed by atoms with Crippen molar-refractivity contribution >= 4 is 41.0 Å². The average Bonchev–Trinajstić information content (AvgIpc) is 3.34. The minimum Gasteiger partial charge on any atom is -0.444 e. The van der Waals surface area contributed by atoms with Crippen LogP contribution in [0.1, 0.15) is 59.1 Å². The minimum atomic E-state index is -0.619. The maximum atomic E-state index is 14.7. The van der Waals surface area contributed by atoms with Gasteiger partial charge in [-0.3, -0.25) is 14.7 Å². The van der Waals surface area contributed by atoms with Gasteiger partial charge in [-0.25, -0.2) is 8.77 Å². The highest BCUT2D eigenvalue weighted by Crippen LogP contribution is 2.34. The zero-order chi connectivity index (χ0) is 27.6.